The first-order chi connectivity index (χ1) is 14.0. The van der Waals surface area contributed by atoms with Gasteiger partial charge in [0.2, 0.25) is 0 Å². The topological polar surface area (TPSA) is 87.7 Å². The Morgan fingerprint density at radius 2 is 1.86 bits per heavy atom. The van der Waals surface area contributed by atoms with Gasteiger partial charge in [-0.3, -0.25) is 4.79 Å². The maximum atomic E-state index is 12.6. The molecule has 2 heterocycles. The summed E-state index contributed by atoms with van der Waals surface area (Å²) >= 11 is 0. The van der Waals surface area contributed by atoms with E-state index in [1.54, 1.807) is 24.8 Å². The highest BCUT2D eigenvalue weighted by molar-refractivity contribution is 5.92. The molecule has 0 spiro atoms. The molecule has 1 aliphatic rings. The van der Waals surface area contributed by atoms with Crippen molar-refractivity contribution >= 4 is 17.8 Å². The summed E-state index contributed by atoms with van der Waals surface area (Å²) in [6, 6.07) is 9.72. The second-order valence-corrected chi connectivity index (χ2v) is 7.00. The van der Waals surface area contributed by atoms with E-state index in [0.717, 1.165) is 11.1 Å². The van der Waals surface area contributed by atoms with E-state index >= 15 is 0 Å². The van der Waals surface area contributed by atoms with Crippen molar-refractivity contribution in [2.75, 3.05) is 37.7 Å². The summed E-state index contributed by atoms with van der Waals surface area (Å²) < 4.78 is 5.05. The predicted octanol–water partition coefficient (Wildman–Crippen LogP) is 2.30. The summed E-state index contributed by atoms with van der Waals surface area (Å²) in [6.45, 7) is 8.75. The van der Waals surface area contributed by atoms with Gasteiger partial charge in [-0.05, 0) is 26.3 Å². The van der Waals surface area contributed by atoms with Gasteiger partial charge in [0, 0.05) is 38.8 Å². The van der Waals surface area contributed by atoms with Crippen LogP contribution in [0, 0.1) is 13.8 Å². The molecule has 1 fully saturated rings. The van der Waals surface area contributed by atoms with Gasteiger partial charge in [-0.25, -0.2) is 14.8 Å². The van der Waals surface area contributed by atoms with Crippen molar-refractivity contribution < 1.29 is 14.3 Å². The molecule has 0 aliphatic carbocycles. The van der Waals surface area contributed by atoms with Crippen molar-refractivity contribution in [2.45, 2.75) is 27.3 Å². The molecular weight excluding hydrogens is 370 g/mol. The Bertz CT molecular complexity index is 878. The van der Waals surface area contributed by atoms with Gasteiger partial charge < -0.3 is 19.9 Å². The first-order valence-electron chi connectivity index (χ1n) is 9.82. The lowest BCUT2D eigenvalue weighted by Gasteiger charge is -2.34. The number of hydrogen-bond acceptors (Lipinski definition) is 6. The monoisotopic (exact) mass is 397 g/mol. The molecule has 0 saturated carbocycles. The predicted molar refractivity (Wildman–Crippen MR) is 110 cm³/mol. The zero-order chi connectivity index (χ0) is 20.8. The molecule has 3 rings (SSSR count). The van der Waals surface area contributed by atoms with E-state index in [9.17, 15) is 9.59 Å². The number of benzene rings is 1. The highest BCUT2D eigenvalue weighted by atomic mass is 16.6. The van der Waals surface area contributed by atoms with Crippen LogP contribution in [0.1, 0.15) is 34.4 Å². The molecule has 1 aromatic heterocycles. The zero-order valence-electron chi connectivity index (χ0n) is 17.1. The second kappa shape index (κ2) is 9.36. The normalized spacial score (nSPS) is 13.9. The second-order valence-electron chi connectivity index (χ2n) is 7.00. The molecule has 1 aliphatic heterocycles. The Morgan fingerprint density at radius 3 is 2.55 bits per heavy atom. The molecule has 1 aromatic carbocycles. The molecule has 0 unspecified atom stereocenters. The number of piperazine rings is 1. The Kier molecular flexibility index (Phi) is 6.64. The van der Waals surface area contributed by atoms with Crippen LogP contribution in [0.4, 0.5) is 10.6 Å². The number of aryl methyl sites for hydroxylation is 2. The number of amides is 2. The quantitative estimate of drug-likeness (QED) is 0.833. The van der Waals surface area contributed by atoms with E-state index in [0.29, 0.717) is 56.7 Å². The SMILES string of the molecule is CCOC(=O)N1CCN(c2cc(C(=O)NCc3cccc(C)c3)nc(C)n2)CC1. The number of nitrogens with zero attached hydrogens (tertiary/aromatic N) is 4. The highest BCUT2D eigenvalue weighted by Crippen LogP contribution is 2.16. The van der Waals surface area contributed by atoms with Crippen molar-refractivity contribution in [3.8, 4) is 0 Å². The molecule has 8 nitrogen and oxygen atoms in total. The average Bonchev–Trinajstić information content (AvgIpc) is 2.72. The number of rotatable bonds is 5. The fourth-order valence-corrected chi connectivity index (χ4v) is 3.26. The van der Waals surface area contributed by atoms with E-state index < -0.39 is 0 Å². The molecule has 1 saturated heterocycles. The summed E-state index contributed by atoms with van der Waals surface area (Å²) in [7, 11) is 0. The largest absolute Gasteiger partial charge is 0.450 e. The van der Waals surface area contributed by atoms with Gasteiger partial charge in [0.25, 0.3) is 5.91 Å². The van der Waals surface area contributed by atoms with Crippen molar-refractivity contribution in [3.63, 3.8) is 0 Å². The van der Waals surface area contributed by atoms with Gasteiger partial charge in [0.1, 0.15) is 17.3 Å². The lowest BCUT2D eigenvalue weighted by atomic mass is 10.1. The van der Waals surface area contributed by atoms with Gasteiger partial charge >= 0.3 is 6.09 Å². The Balaban J connectivity index is 1.63. The molecule has 8 heteroatoms. The summed E-state index contributed by atoms with van der Waals surface area (Å²) in [5.41, 5.74) is 2.53. The van der Waals surface area contributed by atoms with Gasteiger partial charge in [-0.15, -0.1) is 0 Å². The molecular formula is C21H27N5O3. The summed E-state index contributed by atoms with van der Waals surface area (Å²) in [6.07, 6.45) is -0.290. The minimum Gasteiger partial charge on any atom is -0.450 e. The number of anilines is 1. The first kappa shape index (κ1) is 20.6. The number of ether oxygens (including phenoxy) is 1. The minimum atomic E-state index is -0.290. The van der Waals surface area contributed by atoms with E-state index in [2.05, 4.69) is 20.2 Å². The number of carbonyl (C=O) groups excluding carboxylic acids is 2. The van der Waals surface area contributed by atoms with Crippen LogP contribution in [0.3, 0.4) is 0 Å². The maximum Gasteiger partial charge on any atom is 0.409 e. The lowest BCUT2D eigenvalue weighted by molar-refractivity contribution is 0.0945. The van der Waals surface area contributed by atoms with Crippen LogP contribution >= 0.6 is 0 Å². The zero-order valence-corrected chi connectivity index (χ0v) is 17.1. The average molecular weight is 397 g/mol. The Labute approximate surface area is 170 Å². The highest BCUT2D eigenvalue weighted by Gasteiger charge is 2.23. The van der Waals surface area contributed by atoms with Crippen molar-refractivity contribution in [2.24, 2.45) is 0 Å². The number of aromatic nitrogens is 2. The lowest BCUT2D eigenvalue weighted by Crippen LogP contribution is -2.49. The van der Waals surface area contributed by atoms with Gasteiger partial charge in [0.15, 0.2) is 0 Å². The molecule has 2 amide bonds. The van der Waals surface area contributed by atoms with E-state index in [-0.39, 0.29) is 12.0 Å². The minimum absolute atomic E-state index is 0.233. The fourth-order valence-electron chi connectivity index (χ4n) is 3.26. The third-order valence-corrected chi connectivity index (χ3v) is 4.72. The van der Waals surface area contributed by atoms with Crippen LogP contribution in [0.25, 0.3) is 0 Å². The summed E-state index contributed by atoms with van der Waals surface area (Å²) in [5, 5.41) is 2.92. The molecule has 154 valence electrons. The van der Waals surface area contributed by atoms with E-state index in [1.165, 1.54) is 0 Å². The fraction of sp³-hybridized carbons (Fsp3) is 0.429. The third kappa shape index (κ3) is 5.43. The molecule has 0 atom stereocenters. The van der Waals surface area contributed by atoms with Crippen molar-refractivity contribution in [3.05, 3.63) is 53.0 Å². The van der Waals surface area contributed by atoms with Crippen LogP contribution in [-0.2, 0) is 11.3 Å². The standard InChI is InChI=1S/C21H27N5O3/c1-4-29-21(28)26-10-8-25(9-11-26)19-13-18(23-16(3)24-19)20(27)22-14-17-7-5-6-15(2)12-17/h5-7,12-13H,4,8-11,14H2,1-3H3,(H,22,27). The number of carbonyl (C=O) groups is 2. The summed E-state index contributed by atoms with van der Waals surface area (Å²) in [4.78, 5) is 37.0. The number of nitrogens with one attached hydrogen (secondary N) is 1. The summed E-state index contributed by atoms with van der Waals surface area (Å²) in [5.74, 6) is 1.00. The van der Waals surface area contributed by atoms with E-state index in [4.69, 9.17) is 4.74 Å². The Morgan fingerprint density at radius 1 is 1.10 bits per heavy atom. The first-order valence-corrected chi connectivity index (χ1v) is 9.82. The Hall–Kier alpha value is -3.16. The van der Waals surface area contributed by atoms with Crippen LogP contribution in [-0.4, -0.2) is 59.7 Å². The van der Waals surface area contributed by atoms with Crippen molar-refractivity contribution in [1.82, 2.24) is 20.2 Å². The van der Waals surface area contributed by atoms with Gasteiger partial charge in [0.05, 0.1) is 6.61 Å². The van der Waals surface area contributed by atoms with Gasteiger partial charge in [-0.2, -0.15) is 0 Å². The van der Waals surface area contributed by atoms with Crippen molar-refractivity contribution in [1.29, 1.82) is 0 Å². The smallest absolute Gasteiger partial charge is 0.409 e. The van der Waals surface area contributed by atoms with Gasteiger partial charge in [-0.1, -0.05) is 29.8 Å². The maximum absolute atomic E-state index is 12.6. The molecule has 2 aromatic rings. The number of hydrogen-bond donors (Lipinski definition) is 1. The van der Waals surface area contributed by atoms with Crippen LogP contribution in [0.2, 0.25) is 0 Å². The molecule has 0 radical (unpaired) electrons. The van der Waals surface area contributed by atoms with E-state index in [1.807, 2.05) is 31.2 Å². The van der Waals surface area contributed by atoms with Crippen LogP contribution < -0.4 is 10.2 Å². The van der Waals surface area contributed by atoms with Crippen LogP contribution in [0.5, 0.6) is 0 Å². The third-order valence-electron chi connectivity index (χ3n) is 4.72. The molecule has 0 bridgehead atoms. The molecule has 1 N–H and O–H groups in total. The van der Waals surface area contributed by atoms with Crippen LogP contribution in [0.15, 0.2) is 30.3 Å². The molecule has 29 heavy (non-hydrogen) atoms.